The average molecular weight is 392 g/mol. The molecule has 140 valence electrons. The van der Waals surface area contributed by atoms with E-state index < -0.39 is 0 Å². The molecule has 5 heteroatoms. The topological polar surface area (TPSA) is 44.5 Å². The number of aromatic nitrogens is 1. The Labute approximate surface area is 168 Å². The number of nitrogens with zero attached hydrogens (tertiary/aromatic N) is 1. The van der Waals surface area contributed by atoms with Crippen LogP contribution in [0.1, 0.15) is 5.56 Å². The molecule has 28 heavy (non-hydrogen) atoms. The van der Waals surface area contributed by atoms with E-state index in [-0.39, 0.29) is 5.35 Å². The molecule has 0 saturated carbocycles. The SMILES string of the molecule is COc1ccc(-c2nc(Cl)oc2-c2ccc(OCc3ccccc3)cc2)cc1. The molecule has 0 aliphatic heterocycles. The average Bonchev–Trinajstić information content (AvgIpc) is 3.15. The van der Waals surface area contributed by atoms with Crippen LogP contribution >= 0.6 is 11.6 Å². The van der Waals surface area contributed by atoms with E-state index in [2.05, 4.69) is 4.98 Å². The van der Waals surface area contributed by atoms with Crippen molar-refractivity contribution in [3.8, 4) is 34.1 Å². The van der Waals surface area contributed by atoms with Gasteiger partial charge in [-0.25, -0.2) is 0 Å². The first kappa shape index (κ1) is 18.1. The summed E-state index contributed by atoms with van der Waals surface area (Å²) < 4.78 is 16.7. The maximum absolute atomic E-state index is 6.05. The van der Waals surface area contributed by atoms with Crippen LogP contribution in [0.25, 0.3) is 22.6 Å². The summed E-state index contributed by atoms with van der Waals surface area (Å²) in [7, 11) is 1.63. The Balaban J connectivity index is 1.55. The van der Waals surface area contributed by atoms with Crippen molar-refractivity contribution >= 4 is 11.6 Å². The van der Waals surface area contributed by atoms with Crippen molar-refractivity contribution in [2.75, 3.05) is 7.11 Å². The summed E-state index contributed by atoms with van der Waals surface area (Å²) in [6.07, 6.45) is 0. The minimum atomic E-state index is 0.102. The molecule has 0 fully saturated rings. The number of halogens is 1. The van der Waals surface area contributed by atoms with Crippen LogP contribution in [0.4, 0.5) is 0 Å². The summed E-state index contributed by atoms with van der Waals surface area (Å²) in [5.74, 6) is 2.17. The van der Waals surface area contributed by atoms with Crippen molar-refractivity contribution in [1.29, 1.82) is 0 Å². The number of rotatable bonds is 6. The highest BCUT2D eigenvalue weighted by molar-refractivity contribution is 6.28. The third kappa shape index (κ3) is 4.02. The molecule has 0 atom stereocenters. The summed E-state index contributed by atoms with van der Waals surface area (Å²) in [6.45, 7) is 0.519. The van der Waals surface area contributed by atoms with Crippen molar-refractivity contribution < 1.29 is 13.9 Å². The molecule has 4 aromatic rings. The second kappa shape index (κ2) is 8.19. The normalized spacial score (nSPS) is 10.6. The molecule has 1 heterocycles. The van der Waals surface area contributed by atoms with Crippen LogP contribution in [0, 0.1) is 0 Å². The first-order valence-corrected chi connectivity index (χ1v) is 9.18. The maximum atomic E-state index is 6.05. The minimum absolute atomic E-state index is 0.102. The van der Waals surface area contributed by atoms with Gasteiger partial charge in [0.25, 0.3) is 5.35 Å². The lowest BCUT2D eigenvalue weighted by Crippen LogP contribution is -1.94. The predicted octanol–water partition coefficient (Wildman–Crippen LogP) is 6.25. The molecule has 4 nitrogen and oxygen atoms in total. The highest BCUT2D eigenvalue weighted by Crippen LogP contribution is 2.35. The Morgan fingerprint density at radius 3 is 2.14 bits per heavy atom. The number of methoxy groups -OCH3 is 1. The number of ether oxygens (including phenoxy) is 2. The molecular formula is C23H18ClNO3. The van der Waals surface area contributed by atoms with Gasteiger partial charge in [-0.1, -0.05) is 30.3 Å². The summed E-state index contributed by atoms with van der Waals surface area (Å²) in [5.41, 5.74) is 3.58. The van der Waals surface area contributed by atoms with Gasteiger partial charge in [0, 0.05) is 11.1 Å². The molecule has 0 bridgehead atoms. The van der Waals surface area contributed by atoms with E-state index in [9.17, 15) is 0 Å². The van der Waals surface area contributed by atoms with Gasteiger partial charge in [-0.05, 0) is 65.7 Å². The maximum Gasteiger partial charge on any atom is 0.293 e. The largest absolute Gasteiger partial charge is 0.497 e. The monoisotopic (exact) mass is 391 g/mol. The summed E-state index contributed by atoms with van der Waals surface area (Å²) in [4.78, 5) is 4.34. The fraction of sp³-hybridized carbons (Fsp3) is 0.0870. The van der Waals surface area contributed by atoms with E-state index >= 15 is 0 Å². The molecule has 0 aliphatic carbocycles. The van der Waals surface area contributed by atoms with Gasteiger partial charge in [0.2, 0.25) is 0 Å². The number of oxazole rings is 1. The standard InChI is InChI=1S/C23H18ClNO3/c1-26-19-11-7-17(8-12-19)21-22(28-23(24)25-21)18-9-13-20(14-10-18)27-15-16-5-3-2-4-6-16/h2-14H,15H2,1H3. The van der Waals surface area contributed by atoms with E-state index in [1.165, 1.54) is 0 Å². The fourth-order valence-electron chi connectivity index (χ4n) is 2.88. The molecule has 1 aromatic heterocycles. The third-order valence-electron chi connectivity index (χ3n) is 4.33. The summed E-state index contributed by atoms with van der Waals surface area (Å²) in [5, 5.41) is 0.102. The van der Waals surface area contributed by atoms with Gasteiger partial charge >= 0.3 is 0 Å². The van der Waals surface area contributed by atoms with Crippen LogP contribution in [0.15, 0.2) is 83.3 Å². The Morgan fingerprint density at radius 2 is 1.46 bits per heavy atom. The highest BCUT2D eigenvalue weighted by atomic mass is 35.5. The Morgan fingerprint density at radius 1 is 0.821 bits per heavy atom. The van der Waals surface area contributed by atoms with Crippen molar-refractivity contribution in [3.05, 3.63) is 89.8 Å². The van der Waals surface area contributed by atoms with Gasteiger partial charge in [0.05, 0.1) is 7.11 Å². The Kier molecular flexibility index (Phi) is 5.31. The number of benzene rings is 3. The summed E-state index contributed by atoms with van der Waals surface area (Å²) in [6, 6.07) is 25.3. The lowest BCUT2D eigenvalue weighted by Gasteiger charge is -2.07. The first-order valence-electron chi connectivity index (χ1n) is 8.81. The van der Waals surface area contributed by atoms with Crippen LogP contribution in [0.5, 0.6) is 11.5 Å². The second-order valence-electron chi connectivity index (χ2n) is 6.17. The van der Waals surface area contributed by atoms with Gasteiger partial charge in [-0.3, -0.25) is 0 Å². The van der Waals surface area contributed by atoms with Crippen LogP contribution in [0.2, 0.25) is 5.35 Å². The van der Waals surface area contributed by atoms with Crippen LogP contribution in [-0.2, 0) is 6.61 Å². The predicted molar refractivity (Wildman–Crippen MR) is 110 cm³/mol. The zero-order valence-electron chi connectivity index (χ0n) is 15.3. The smallest absolute Gasteiger partial charge is 0.293 e. The molecule has 0 spiro atoms. The molecular weight excluding hydrogens is 374 g/mol. The van der Waals surface area contributed by atoms with Crippen molar-refractivity contribution in [2.45, 2.75) is 6.61 Å². The second-order valence-corrected chi connectivity index (χ2v) is 6.50. The molecule has 4 rings (SSSR count). The number of hydrogen-bond acceptors (Lipinski definition) is 4. The zero-order chi connectivity index (χ0) is 19.3. The van der Waals surface area contributed by atoms with E-state index in [1.807, 2.05) is 78.9 Å². The molecule has 0 N–H and O–H groups in total. The molecule has 0 radical (unpaired) electrons. The van der Waals surface area contributed by atoms with Crippen molar-refractivity contribution in [1.82, 2.24) is 4.98 Å². The van der Waals surface area contributed by atoms with Gasteiger partial charge < -0.3 is 13.9 Å². The van der Waals surface area contributed by atoms with Crippen molar-refractivity contribution in [2.24, 2.45) is 0 Å². The quantitative estimate of drug-likeness (QED) is 0.389. The van der Waals surface area contributed by atoms with Crippen LogP contribution in [-0.4, -0.2) is 12.1 Å². The van der Waals surface area contributed by atoms with Gasteiger partial charge in [-0.15, -0.1) is 0 Å². The Hall–Kier alpha value is -3.24. The van der Waals surface area contributed by atoms with E-state index in [0.29, 0.717) is 18.1 Å². The molecule has 0 saturated heterocycles. The lowest BCUT2D eigenvalue weighted by molar-refractivity contribution is 0.306. The molecule has 3 aromatic carbocycles. The van der Waals surface area contributed by atoms with Crippen LogP contribution < -0.4 is 9.47 Å². The zero-order valence-corrected chi connectivity index (χ0v) is 16.0. The fourth-order valence-corrected chi connectivity index (χ4v) is 3.04. The van der Waals surface area contributed by atoms with Gasteiger partial charge in [0.15, 0.2) is 5.76 Å². The number of hydrogen-bond donors (Lipinski definition) is 0. The van der Waals surface area contributed by atoms with E-state index in [1.54, 1.807) is 7.11 Å². The van der Waals surface area contributed by atoms with E-state index in [0.717, 1.165) is 28.2 Å². The molecule has 0 amide bonds. The first-order chi connectivity index (χ1) is 13.7. The van der Waals surface area contributed by atoms with Gasteiger partial charge in [-0.2, -0.15) is 4.98 Å². The van der Waals surface area contributed by atoms with Gasteiger partial charge in [0.1, 0.15) is 23.8 Å². The van der Waals surface area contributed by atoms with Crippen LogP contribution in [0.3, 0.4) is 0 Å². The lowest BCUT2D eigenvalue weighted by atomic mass is 10.1. The molecule has 0 aliphatic rings. The van der Waals surface area contributed by atoms with Crippen molar-refractivity contribution in [3.63, 3.8) is 0 Å². The molecule has 0 unspecified atom stereocenters. The highest BCUT2D eigenvalue weighted by Gasteiger charge is 2.16. The third-order valence-corrected chi connectivity index (χ3v) is 4.49. The van der Waals surface area contributed by atoms with E-state index in [4.69, 9.17) is 25.5 Å². The Bertz CT molecular complexity index is 1040. The minimum Gasteiger partial charge on any atom is -0.497 e. The summed E-state index contributed by atoms with van der Waals surface area (Å²) >= 11 is 6.05.